The summed E-state index contributed by atoms with van der Waals surface area (Å²) in [7, 11) is -11.4. The van der Waals surface area contributed by atoms with Crippen LogP contribution in [0.3, 0.4) is 0 Å². The van der Waals surface area contributed by atoms with Crippen molar-refractivity contribution in [3.63, 3.8) is 0 Å². The molecule has 0 fully saturated rings. The molecule has 0 heterocycles. The van der Waals surface area contributed by atoms with E-state index < -0.39 is 51.6 Å². The SMILES string of the molecule is CCO[Si](CCC[Si](C)(CC[Si]C(N(CC)CC)N(CC)CC)O[Si](C)(C)O[Si](C)(C)O[Si](C)(C)O[Si](C)(C)C)OCC. The Labute approximate surface area is 277 Å². The summed E-state index contributed by atoms with van der Waals surface area (Å²) in [5.41, 5.74) is 0. The molecule has 0 aliphatic heterocycles. The van der Waals surface area contributed by atoms with Crippen LogP contribution in [0.25, 0.3) is 0 Å². The van der Waals surface area contributed by atoms with E-state index in [4.69, 9.17) is 25.3 Å². The highest BCUT2D eigenvalue weighted by atomic mass is 28.5. The summed E-state index contributed by atoms with van der Waals surface area (Å²) in [5, 5.41) is 0. The lowest BCUT2D eigenvalue weighted by Gasteiger charge is -2.43. The van der Waals surface area contributed by atoms with Gasteiger partial charge in [0.25, 0.3) is 0 Å². The van der Waals surface area contributed by atoms with Crippen molar-refractivity contribution in [2.45, 2.75) is 143 Å². The van der Waals surface area contributed by atoms with Gasteiger partial charge < -0.3 is 25.3 Å². The summed E-state index contributed by atoms with van der Waals surface area (Å²) in [6.07, 6.45) is 1.08. The fourth-order valence-electron chi connectivity index (χ4n) is 6.01. The fraction of sp³-hybridized carbons (Fsp3) is 1.00. The number of nitrogens with zero attached hydrogens (tertiary/aromatic N) is 2. The number of hydrogen-bond donors (Lipinski definition) is 0. The molecular formula is C28H71N2O6Si7. The average molecular weight is 728 g/mol. The standard InChI is InChI=1S/C28H71N2O6Si7/c1-17-29(18-2)28(30(19-3)20-4)37-24-27-43(16,26-23-25-38(31-21-5)32-22-6)36-42(14,15)35-41(12,13)34-40(10,11)33-39(7,8)9/h28H,17-27H2,1-16H3. The average Bonchev–Trinajstić information content (AvgIpc) is 2.82. The lowest BCUT2D eigenvalue weighted by Crippen LogP contribution is -2.58. The van der Waals surface area contributed by atoms with Crippen LogP contribution in [0.2, 0.25) is 89.6 Å². The molecule has 8 nitrogen and oxygen atoms in total. The zero-order chi connectivity index (χ0) is 33.5. The van der Waals surface area contributed by atoms with Crippen LogP contribution in [0, 0.1) is 0 Å². The summed E-state index contributed by atoms with van der Waals surface area (Å²) in [6.45, 7) is 41.4. The zero-order valence-corrected chi connectivity index (χ0v) is 38.2. The summed E-state index contributed by atoms with van der Waals surface area (Å²) >= 11 is 0. The van der Waals surface area contributed by atoms with Gasteiger partial charge >= 0.3 is 35.0 Å². The minimum atomic E-state index is -2.48. The maximum Gasteiger partial charge on any atom is 0.384 e. The van der Waals surface area contributed by atoms with E-state index in [-0.39, 0.29) is 0 Å². The molecule has 0 saturated carbocycles. The Morgan fingerprint density at radius 1 is 0.581 bits per heavy atom. The molecule has 0 aliphatic rings. The number of hydrogen-bond acceptors (Lipinski definition) is 8. The Balaban J connectivity index is 5.85. The van der Waals surface area contributed by atoms with E-state index in [1.54, 1.807) is 0 Å². The molecule has 0 saturated heterocycles. The lowest BCUT2D eigenvalue weighted by molar-refractivity contribution is 0.115. The van der Waals surface area contributed by atoms with E-state index in [2.05, 4.69) is 117 Å². The van der Waals surface area contributed by atoms with Gasteiger partial charge in [-0.05, 0) is 124 Å². The first-order valence-corrected chi connectivity index (χ1v) is 34.3. The molecule has 0 spiro atoms. The molecule has 43 heavy (non-hydrogen) atoms. The van der Waals surface area contributed by atoms with Crippen molar-refractivity contribution >= 4 is 61.1 Å². The number of rotatable bonds is 26. The van der Waals surface area contributed by atoms with Gasteiger partial charge in [-0.15, -0.1) is 0 Å². The topological polar surface area (TPSA) is 61.9 Å². The Morgan fingerprint density at radius 3 is 1.40 bits per heavy atom. The normalized spacial score (nSPS) is 15.3. The molecule has 1 atom stereocenters. The van der Waals surface area contributed by atoms with Crippen LogP contribution in [-0.2, 0) is 25.3 Å². The predicted octanol–water partition coefficient (Wildman–Crippen LogP) is 7.61. The van der Waals surface area contributed by atoms with Crippen molar-refractivity contribution in [1.82, 2.24) is 9.80 Å². The van der Waals surface area contributed by atoms with E-state index in [0.29, 0.717) is 19.0 Å². The van der Waals surface area contributed by atoms with Crippen molar-refractivity contribution in [1.29, 1.82) is 0 Å². The maximum atomic E-state index is 7.29. The second kappa shape index (κ2) is 20.5. The van der Waals surface area contributed by atoms with Gasteiger partial charge in [0.2, 0.25) is 0 Å². The summed E-state index contributed by atoms with van der Waals surface area (Å²) in [6, 6.07) is 4.45. The van der Waals surface area contributed by atoms with Crippen molar-refractivity contribution in [2.75, 3.05) is 39.4 Å². The van der Waals surface area contributed by atoms with Crippen LogP contribution in [0.5, 0.6) is 0 Å². The predicted molar refractivity (Wildman–Crippen MR) is 200 cm³/mol. The third-order valence-electron chi connectivity index (χ3n) is 7.02. The minimum Gasteiger partial charge on any atom is -0.437 e. The van der Waals surface area contributed by atoms with Crippen molar-refractivity contribution in [2.24, 2.45) is 0 Å². The van der Waals surface area contributed by atoms with Crippen LogP contribution in [0.15, 0.2) is 0 Å². The van der Waals surface area contributed by atoms with Gasteiger partial charge in [-0.1, -0.05) is 40.2 Å². The fourth-order valence-corrected chi connectivity index (χ4v) is 35.8. The summed E-state index contributed by atoms with van der Waals surface area (Å²) in [5.74, 6) is 0.508. The first-order valence-electron chi connectivity index (χ1n) is 16.8. The van der Waals surface area contributed by atoms with E-state index >= 15 is 0 Å². The van der Waals surface area contributed by atoms with E-state index in [1.165, 1.54) is 6.04 Å². The molecule has 0 amide bonds. The van der Waals surface area contributed by atoms with Crippen molar-refractivity contribution in [3.8, 4) is 0 Å². The van der Waals surface area contributed by atoms with Gasteiger partial charge in [0.15, 0.2) is 16.6 Å². The monoisotopic (exact) mass is 727 g/mol. The Kier molecular flexibility index (Phi) is 21.1. The largest absolute Gasteiger partial charge is 0.437 e. The summed E-state index contributed by atoms with van der Waals surface area (Å²) < 4.78 is 39.4. The molecule has 0 aromatic carbocycles. The van der Waals surface area contributed by atoms with E-state index in [0.717, 1.165) is 60.3 Å². The Morgan fingerprint density at radius 2 is 1.00 bits per heavy atom. The minimum absolute atomic E-state index is 0.508. The van der Waals surface area contributed by atoms with Crippen LogP contribution in [0.1, 0.15) is 48.0 Å². The maximum absolute atomic E-state index is 7.29. The van der Waals surface area contributed by atoms with Crippen molar-refractivity contribution in [3.05, 3.63) is 0 Å². The molecule has 0 rings (SSSR count). The molecule has 0 N–H and O–H groups in total. The van der Waals surface area contributed by atoms with E-state index in [9.17, 15) is 0 Å². The molecule has 0 aliphatic carbocycles. The molecule has 0 aromatic heterocycles. The van der Waals surface area contributed by atoms with Gasteiger partial charge in [-0.3, -0.25) is 9.80 Å². The second-order valence-electron chi connectivity index (χ2n) is 13.8. The molecule has 0 bridgehead atoms. The molecular weight excluding hydrogens is 657 g/mol. The highest BCUT2D eigenvalue weighted by Gasteiger charge is 2.46. The highest BCUT2D eigenvalue weighted by Crippen LogP contribution is 2.31. The molecule has 0 aromatic rings. The smallest absolute Gasteiger partial charge is 0.384 e. The third-order valence-corrected chi connectivity index (χ3v) is 30.1. The second-order valence-corrected chi connectivity index (χ2v) is 36.8. The van der Waals surface area contributed by atoms with Gasteiger partial charge in [0.1, 0.15) is 0 Å². The third kappa shape index (κ3) is 19.6. The quantitative estimate of drug-likeness (QED) is 0.0667. The lowest BCUT2D eigenvalue weighted by atomic mass is 10.5. The van der Waals surface area contributed by atoms with Crippen LogP contribution in [-0.4, -0.2) is 116 Å². The van der Waals surface area contributed by atoms with Gasteiger partial charge in [0, 0.05) is 19.0 Å². The van der Waals surface area contributed by atoms with Crippen LogP contribution < -0.4 is 0 Å². The first-order chi connectivity index (χ1) is 19.7. The van der Waals surface area contributed by atoms with Gasteiger partial charge in [-0.25, -0.2) is 0 Å². The zero-order valence-electron chi connectivity index (χ0n) is 31.2. The molecule has 3 radical (unpaired) electrons. The van der Waals surface area contributed by atoms with Gasteiger partial charge in [-0.2, -0.15) is 0 Å². The first kappa shape index (κ1) is 44.2. The molecule has 1 unspecified atom stereocenters. The van der Waals surface area contributed by atoms with Crippen LogP contribution in [0.4, 0.5) is 0 Å². The van der Waals surface area contributed by atoms with Gasteiger partial charge in [0.05, 0.1) is 9.52 Å². The van der Waals surface area contributed by atoms with Crippen molar-refractivity contribution < 1.29 is 25.3 Å². The highest BCUT2D eigenvalue weighted by molar-refractivity contribution is 6.90. The Hall–Kier alpha value is 1.20. The summed E-state index contributed by atoms with van der Waals surface area (Å²) in [4.78, 5) is 5.26. The van der Waals surface area contributed by atoms with E-state index in [1.807, 2.05) is 0 Å². The molecule has 257 valence electrons. The molecule has 15 heteroatoms. The Bertz CT molecular complexity index is 723. The van der Waals surface area contributed by atoms with Crippen LogP contribution >= 0.6 is 0 Å².